The lowest BCUT2D eigenvalue weighted by molar-refractivity contribution is 0.145. The van der Waals surface area contributed by atoms with Crippen LogP contribution in [0.3, 0.4) is 0 Å². The molecule has 5 rings (SSSR count). The first kappa shape index (κ1) is 24.3. The number of aryl methyl sites for hydroxylation is 1. The summed E-state index contributed by atoms with van der Waals surface area (Å²) in [6.45, 7) is 4.98. The maximum atomic E-state index is 12.9. The van der Waals surface area contributed by atoms with Crippen LogP contribution in [0.5, 0.6) is 0 Å². The van der Waals surface area contributed by atoms with Crippen LogP contribution in [-0.2, 0) is 23.3 Å². The number of benzene rings is 1. The van der Waals surface area contributed by atoms with Gasteiger partial charge in [-0.2, -0.15) is 5.10 Å². The molecule has 1 saturated heterocycles. The number of aliphatic hydroxyl groups excluding tert-OH is 1. The molecule has 0 amide bonds. The molecule has 3 aromatic heterocycles. The molecular weight excluding hydrogens is 478 g/mol. The molecule has 4 aromatic rings. The number of piperidine rings is 1. The van der Waals surface area contributed by atoms with Crippen LogP contribution in [0.15, 0.2) is 47.8 Å². The number of aromatic nitrogens is 5. The molecule has 1 aliphatic rings. The van der Waals surface area contributed by atoms with Gasteiger partial charge >= 0.3 is 0 Å². The van der Waals surface area contributed by atoms with Crippen molar-refractivity contribution in [2.45, 2.75) is 49.5 Å². The molecule has 1 aromatic carbocycles. The van der Waals surface area contributed by atoms with E-state index in [1.54, 1.807) is 33.3 Å². The van der Waals surface area contributed by atoms with Gasteiger partial charge in [0.2, 0.25) is 14.9 Å². The second-order valence-corrected chi connectivity index (χ2v) is 11.9. The number of hydrogen-bond donors (Lipinski definition) is 3. The zero-order chi connectivity index (χ0) is 25.4. The third kappa shape index (κ3) is 4.80. The Balaban J connectivity index is 1.41. The predicted molar refractivity (Wildman–Crippen MR) is 139 cm³/mol. The summed E-state index contributed by atoms with van der Waals surface area (Å²) in [5, 5.41) is 16.6. The van der Waals surface area contributed by atoms with Crippen molar-refractivity contribution in [3.05, 3.63) is 54.1 Å². The standard InChI is InChI=1S/C25H31N7O3S/c1-16(2)36(34,35)25-21(15-31(3)30-25)28-24-23-20(8-11-26-23)27-22(29-24)14-17-4-6-18(7-5-17)32-12-9-19(33)10-13-32/h4-8,11,15-16,19,26,33H,9-10,12-14H2,1-3H3,(H,27,28,29). The van der Waals surface area contributed by atoms with Crippen molar-refractivity contribution in [1.82, 2.24) is 24.7 Å². The van der Waals surface area contributed by atoms with Crippen molar-refractivity contribution in [2.24, 2.45) is 7.05 Å². The second kappa shape index (κ2) is 9.55. The minimum absolute atomic E-state index is 0.000638. The number of aliphatic hydroxyl groups is 1. The summed E-state index contributed by atoms with van der Waals surface area (Å²) < 4.78 is 27.2. The van der Waals surface area contributed by atoms with E-state index in [0.717, 1.165) is 42.7 Å². The molecule has 0 spiro atoms. The molecule has 4 heterocycles. The Bertz CT molecular complexity index is 1470. The van der Waals surface area contributed by atoms with Crippen molar-refractivity contribution in [1.29, 1.82) is 0 Å². The largest absolute Gasteiger partial charge is 0.393 e. The van der Waals surface area contributed by atoms with E-state index in [1.807, 2.05) is 6.07 Å². The third-order valence-electron chi connectivity index (χ3n) is 6.52. The fourth-order valence-electron chi connectivity index (χ4n) is 4.41. The molecule has 0 bridgehead atoms. The summed E-state index contributed by atoms with van der Waals surface area (Å²) in [6, 6.07) is 10.2. The van der Waals surface area contributed by atoms with Gasteiger partial charge in [-0.25, -0.2) is 18.4 Å². The lowest BCUT2D eigenvalue weighted by Gasteiger charge is -2.31. The van der Waals surface area contributed by atoms with E-state index < -0.39 is 15.1 Å². The van der Waals surface area contributed by atoms with Crippen molar-refractivity contribution in [2.75, 3.05) is 23.3 Å². The van der Waals surface area contributed by atoms with E-state index in [0.29, 0.717) is 29.3 Å². The number of hydrogen-bond acceptors (Lipinski definition) is 8. The first-order valence-corrected chi connectivity index (χ1v) is 13.7. The van der Waals surface area contributed by atoms with Crippen LogP contribution < -0.4 is 10.2 Å². The van der Waals surface area contributed by atoms with Crippen LogP contribution in [0, 0.1) is 0 Å². The number of aromatic amines is 1. The van der Waals surface area contributed by atoms with Gasteiger partial charge in [0.15, 0.2) is 5.82 Å². The molecule has 36 heavy (non-hydrogen) atoms. The van der Waals surface area contributed by atoms with Crippen LogP contribution in [0.25, 0.3) is 11.0 Å². The Labute approximate surface area is 210 Å². The number of sulfone groups is 1. The highest BCUT2D eigenvalue weighted by atomic mass is 32.2. The van der Waals surface area contributed by atoms with Gasteiger partial charge in [-0.3, -0.25) is 4.68 Å². The zero-order valence-electron chi connectivity index (χ0n) is 20.6. The first-order valence-electron chi connectivity index (χ1n) is 12.1. The topological polar surface area (TPSA) is 129 Å². The zero-order valence-corrected chi connectivity index (χ0v) is 21.5. The summed E-state index contributed by atoms with van der Waals surface area (Å²) in [7, 11) is -1.90. The lowest BCUT2D eigenvalue weighted by atomic mass is 10.1. The molecule has 11 heteroatoms. The van der Waals surface area contributed by atoms with Crippen LogP contribution in [0.1, 0.15) is 38.1 Å². The molecule has 190 valence electrons. The van der Waals surface area contributed by atoms with Gasteiger partial charge in [0.1, 0.15) is 11.3 Å². The molecule has 0 unspecified atom stereocenters. The number of H-pyrrole nitrogens is 1. The predicted octanol–water partition coefficient (Wildman–Crippen LogP) is 3.17. The van der Waals surface area contributed by atoms with Crippen molar-refractivity contribution < 1.29 is 13.5 Å². The smallest absolute Gasteiger partial charge is 0.201 e. The fourth-order valence-corrected chi connectivity index (χ4v) is 5.51. The van der Waals surface area contributed by atoms with Crippen molar-refractivity contribution in [3.8, 4) is 0 Å². The van der Waals surface area contributed by atoms with E-state index in [-0.39, 0.29) is 11.1 Å². The van der Waals surface area contributed by atoms with Gasteiger partial charge in [0.05, 0.1) is 22.6 Å². The normalized spacial score (nSPS) is 15.2. The summed E-state index contributed by atoms with van der Waals surface area (Å²) in [6.07, 6.45) is 5.34. The quantitative estimate of drug-likeness (QED) is 0.346. The fraction of sp³-hybridized carbons (Fsp3) is 0.400. The van der Waals surface area contributed by atoms with Gasteiger partial charge in [0, 0.05) is 44.6 Å². The number of nitrogens with zero attached hydrogens (tertiary/aromatic N) is 5. The Morgan fingerprint density at radius 3 is 2.56 bits per heavy atom. The molecule has 1 fully saturated rings. The van der Waals surface area contributed by atoms with Crippen LogP contribution >= 0.6 is 0 Å². The maximum Gasteiger partial charge on any atom is 0.201 e. The van der Waals surface area contributed by atoms with E-state index in [2.05, 4.69) is 44.6 Å². The van der Waals surface area contributed by atoms with Gasteiger partial charge < -0.3 is 20.3 Å². The van der Waals surface area contributed by atoms with Gasteiger partial charge in [-0.1, -0.05) is 12.1 Å². The highest BCUT2D eigenvalue weighted by molar-refractivity contribution is 7.92. The lowest BCUT2D eigenvalue weighted by Crippen LogP contribution is -2.35. The van der Waals surface area contributed by atoms with Gasteiger partial charge in [0.25, 0.3) is 0 Å². The molecule has 10 nitrogen and oxygen atoms in total. The van der Waals surface area contributed by atoms with Crippen LogP contribution in [0.4, 0.5) is 17.2 Å². The Morgan fingerprint density at radius 1 is 1.14 bits per heavy atom. The molecule has 0 atom stereocenters. The summed E-state index contributed by atoms with van der Waals surface area (Å²) in [4.78, 5) is 14.9. The Kier molecular flexibility index (Phi) is 6.44. The Morgan fingerprint density at radius 2 is 1.86 bits per heavy atom. The van der Waals surface area contributed by atoms with E-state index in [1.165, 1.54) is 4.68 Å². The van der Waals surface area contributed by atoms with E-state index >= 15 is 0 Å². The summed E-state index contributed by atoms with van der Waals surface area (Å²) >= 11 is 0. The SMILES string of the molecule is CC(C)S(=O)(=O)c1nn(C)cc1Nc1nc(Cc2ccc(N3CCC(O)CC3)cc2)nc2cc[nH]c12. The van der Waals surface area contributed by atoms with Gasteiger partial charge in [-0.05, 0) is 50.5 Å². The number of anilines is 3. The minimum Gasteiger partial charge on any atom is -0.393 e. The molecule has 0 radical (unpaired) electrons. The third-order valence-corrected chi connectivity index (χ3v) is 8.60. The molecular formula is C25H31N7O3S. The molecule has 0 aliphatic carbocycles. The van der Waals surface area contributed by atoms with Crippen molar-refractivity contribution >= 4 is 38.1 Å². The van der Waals surface area contributed by atoms with Crippen LogP contribution in [-0.4, -0.2) is 62.7 Å². The van der Waals surface area contributed by atoms with Crippen LogP contribution in [0.2, 0.25) is 0 Å². The number of rotatable bonds is 7. The number of nitrogens with one attached hydrogen (secondary N) is 2. The van der Waals surface area contributed by atoms with E-state index in [9.17, 15) is 13.5 Å². The average Bonchev–Trinajstić information content (AvgIpc) is 3.47. The Hall–Kier alpha value is -3.44. The van der Waals surface area contributed by atoms with E-state index in [4.69, 9.17) is 9.97 Å². The monoisotopic (exact) mass is 509 g/mol. The average molecular weight is 510 g/mol. The molecule has 3 N–H and O–H groups in total. The highest BCUT2D eigenvalue weighted by Gasteiger charge is 2.27. The first-order chi connectivity index (χ1) is 17.2. The molecule has 0 saturated carbocycles. The number of fused-ring (bicyclic) bond motifs is 1. The molecule has 1 aliphatic heterocycles. The summed E-state index contributed by atoms with van der Waals surface area (Å²) in [5.41, 5.74) is 4.02. The van der Waals surface area contributed by atoms with Gasteiger partial charge in [-0.15, -0.1) is 0 Å². The highest BCUT2D eigenvalue weighted by Crippen LogP contribution is 2.29. The van der Waals surface area contributed by atoms with Crippen molar-refractivity contribution in [3.63, 3.8) is 0 Å². The summed E-state index contributed by atoms with van der Waals surface area (Å²) in [5.74, 6) is 1.12. The second-order valence-electron chi connectivity index (χ2n) is 9.53. The minimum atomic E-state index is -3.59. The maximum absolute atomic E-state index is 12.9.